The van der Waals surface area contributed by atoms with E-state index in [0.717, 1.165) is 11.3 Å². The fraction of sp³-hybridized carbons (Fsp3) is 0.440. The lowest BCUT2D eigenvalue weighted by atomic mass is 9.85. The SMILES string of the molecule is COc1ccccc1C(=O)N1CCN(C(=O)COc2ccc(C)cc2C(C)(C)C)CC1. The quantitative estimate of drug-likeness (QED) is 0.735. The Kier molecular flexibility index (Phi) is 6.88. The molecule has 0 aromatic heterocycles. The van der Waals surface area contributed by atoms with Gasteiger partial charge in [-0.25, -0.2) is 0 Å². The zero-order valence-electron chi connectivity index (χ0n) is 19.1. The predicted molar refractivity (Wildman–Crippen MR) is 121 cm³/mol. The van der Waals surface area contributed by atoms with Gasteiger partial charge < -0.3 is 19.3 Å². The van der Waals surface area contributed by atoms with E-state index in [1.165, 1.54) is 5.56 Å². The molecule has 1 aliphatic heterocycles. The number of carbonyl (C=O) groups is 2. The third-order valence-corrected chi connectivity index (χ3v) is 5.55. The molecular formula is C25H32N2O4. The monoisotopic (exact) mass is 424 g/mol. The van der Waals surface area contributed by atoms with Gasteiger partial charge in [-0.15, -0.1) is 0 Å². The average Bonchev–Trinajstić information content (AvgIpc) is 2.77. The van der Waals surface area contributed by atoms with Gasteiger partial charge in [0.05, 0.1) is 12.7 Å². The number of amides is 2. The van der Waals surface area contributed by atoms with Crippen molar-refractivity contribution in [1.82, 2.24) is 9.80 Å². The summed E-state index contributed by atoms with van der Waals surface area (Å²) in [6, 6.07) is 13.3. The van der Waals surface area contributed by atoms with Crippen LogP contribution in [0.3, 0.4) is 0 Å². The molecule has 2 aromatic rings. The van der Waals surface area contributed by atoms with Gasteiger partial charge in [0.15, 0.2) is 6.61 Å². The second kappa shape index (κ2) is 9.41. The molecule has 3 rings (SSSR count). The average molecular weight is 425 g/mol. The first-order chi connectivity index (χ1) is 14.7. The summed E-state index contributed by atoms with van der Waals surface area (Å²) in [5.74, 6) is 1.17. The van der Waals surface area contributed by atoms with E-state index in [4.69, 9.17) is 9.47 Å². The van der Waals surface area contributed by atoms with Crippen molar-refractivity contribution >= 4 is 11.8 Å². The number of hydrogen-bond donors (Lipinski definition) is 0. The Labute approximate surface area is 184 Å². The summed E-state index contributed by atoms with van der Waals surface area (Å²) in [6.45, 7) is 10.4. The third-order valence-electron chi connectivity index (χ3n) is 5.55. The lowest BCUT2D eigenvalue weighted by Crippen LogP contribution is -2.51. The van der Waals surface area contributed by atoms with Crippen LogP contribution in [0.5, 0.6) is 11.5 Å². The van der Waals surface area contributed by atoms with Crippen molar-refractivity contribution in [3.63, 3.8) is 0 Å². The van der Waals surface area contributed by atoms with Crippen LogP contribution in [0, 0.1) is 6.92 Å². The largest absolute Gasteiger partial charge is 0.496 e. The number of methoxy groups -OCH3 is 1. The van der Waals surface area contributed by atoms with Crippen LogP contribution in [-0.2, 0) is 10.2 Å². The number of piperazine rings is 1. The fourth-order valence-electron chi connectivity index (χ4n) is 3.74. The van der Waals surface area contributed by atoms with E-state index < -0.39 is 0 Å². The number of hydrogen-bond acceptors (Lipinski definition) is 4. The Balaban J connectivity index is 1.57. The molecule has 1 fully saturated rings. The molecule has 0 unspecified atom stereocenters. The fourth-order valence-corrected chi connectivity index (χ4v) is 3.74. The molecule has 0 atom stereocenters. The highest BCUT2D eigenvalue weighted by atomic mass is 16.5. The molecular weight excluding hydrogens is 392 g/mol. The van der Waals surface area contributed by atoms with Gasteiger partial charge in [-0.1, -0.05) is 50.6 Å². The highest BCUT2D eigenvalue weighted by Crippen LogP contribution is 2.32. The maximum Gasteiger partial charge on any atom is 0.260 e. The first-order valence-electron chi connectivity index (χ1n) is 10.6. The zero-order valence-corrected chi connectivity index (χ0v) is 19.1. The second-order valence-corrected chi connectivity index (χ2v) is 8.91. The van der Waals surface area contributed by atoms with Gasteiger partial charge in [0.25, 0.3) is 11.8 Å². The molecule has 6 nitrogen and oxygen atoms in total. The highest BCUT2D eigenvalue weighted by molar-refractivity contribution is 5.97. The van der Waals surface area contributed by atoms with Gasteiger partial charge in [0.2, 0.25) is 0 Å². The number of benzene rings is 2. The van der Waals surface area contributed by atoms with Crippen molar-refractivity contribution < 1.29 is 19.1 Å². The van der Waals surface area contributed by atoms with Crippen LogP contribution in [-0.4, -0.2) is 61.5 Å². The van der Waals surface area contributed by atoms with Crippen LogP contribution in [0.2, 0.25) is 0 Å². The van der Waals surface area contributed by atoms with Crippen molar-refractivity contribution in [3.05, 3.63) is 59.2 Å². The molecule has 1 saturated heterocycles. The van der Waals surface area contributed by atoms with Crippen LogP contribution in [0.1, 0.15) is 42.3 Å². The van der Waals surface area contributed by atoms with Gasteiger partial charge in [0.1, 0.15) is 11.5 Å². The molecule has 0 radical (unpaired) electrons. The molecule has 2 aromatic carbocycles. The lowest BCUT2D eigenvalue weighted by molar-refractivity contribution is -0.134. The lowest BCUT2D eigenvalue weighted by Gasteiger charge is -2.35. The third kappa shape index (κ3) is 5.37. The topological polar surface area (TPSA) is 59.1 Å². The van der Waals surface area contributed by atoms with Crippen LogP contribution >= 0.6 is 0 Å². The molecule has 0 aliphatic carbocycles. The normalized spacial score (nSPS) is 14.4. The molecule has 0 N–H and O–H groups in total. The molecule has 166 valence electrons. The summed E-state index contributed by atoms with van der Waals surface area (Å²) in [5.41, 5.74) is 2.73. The first-order valence-corrected chi connectivity index (χ1v) is 10.6. The van der Waals surface area contributed by atoms with E-state index >= 15 is 0 Å². The Morgan fingerprint density at radius 3 is 2.23 bits per heavy atom. The van der Waals surface area contributed by atoms with Crippen LogP contribution in [0.15, 0.2) is 42.5 Å². The zero-order chi connectivity index (χ0) is 22.6. The molecule has 6 heteroatoms. The molecule has 0 bridgehead atoms. The van der Waals surface area contributed by atoms with Crippen molar-refractivity contribution in [2.75, 3.05) is 39.9 Å². The maximum absolute atomic E-state index is 12.8. The van der Waals surface area contributed by atoms with E-state index in [-0.39, 0.29) is 23.8 Å². The Bertz CT molecular complexity index is 941. The van der Waals surface area contributed by atoms with Gasteiger partial charge >= 0.3 is 0 Å². The number of rotatable bonds is 5. The minimum Gasteiger partial charge on any atom is -0.496 e. The van der Waals surface area contributed by atoms with Crippen LogP contribution < -0.4 is 9.47 Å². The number of aryl methyl sites for hydroxylation is 1. The number of para-hydroxylation sites is 1. The molecule has 0 spiro atoms. The Morgan fingerprint density at radius 1 is 0.935 bits per heavy atom. The van der Waals surface area contributed by atoms with Gasteiger partial charge in [0, 0.05) is 26.2 Å². The molecule has 1 heterocycles. The summed E-state index contributed by atoms with van der Waals surface area (Å²) in [5, 5.41) is 0. The van der Waals surface area contributed by atoms with Gasteiger partial charge in [-0.2, -0.15) is 0 Å². The summed E-state index contributed by atoms with van der Waals surface area (Å²) in [7, 11) is 1.56. The van der Waals surface area contributed by atoms with E-state index in [9.17, 15) is 9.59 Å². The summed E-state index contributed by atoms with van der Waals surface area (Å²) >= 11 is 0. The van der Waals surface area contributed by atoms with Gasteiger partial charge in [-0.05, 0) is 36.1 Å². The van der Waals surface area contributed by atoms with E-state index in [0.29, 0.717) is 37.5 Å². The number of ether oxygens (including phenoxy) is 2. The van der Waals surface area contributed by atoms with E-state index in [2.05, 4.69) is 33.8 Å². The van der Waals surface area contributed by atoms with Crippen molar-refractivity contribution in [2.24, 2.45) is 0 Å². The summed E-state index contributed by atoms with van der Waals surface area (Å²) < 4.78 is 11.2. The molecule has 2 amide bonds. The smallest absolute Gasteiger partial charge is 0.260 e. The standard InChI is InChI=1S/C25H32N2O4/c1-18-10-11-22(20(16-18)25(2,3)4)31-17-23(28)26-12-14-27(15-13-26)24(29)19-8-6-7-9-21(19)30-5/h6-11,16H,12-15,17H2,1-5H3. The highest BCUT2D eigenvalue weighted by Gasteiger charge is 2.27. The Morgan fingerprint density at radius 2 is 1.58 bits per heavy atom. The van der Waals surface area contributed by atoms with Crippen molar-refractivity contribution in [2.45, 2.75) is 33.1 Å². The van der Waals surface area contributed by atoms with Crippen LogP contribution in [0.25, 0.3) is 0 Å². The summed E-state index contributed by atoms with van der Waals surface area (Å²) in [4.78, 5) is 29.1. The van der Waals surface area contributed by atoms with Crippen molar-refractivity contribution in [1.29, 1.82) is 0 Å². The second-order valence-electron chi connectivity index (χ2n) is 8.91. The molecule has 0 saturated carbocycles. The molecule has 1 aliphatic rings. The van der Waals surface area contributed by atoms with Crippen molar-refractivity contribution in [3.8, 4) is 11.5 Å². The Hall–Kier alpha value is -3.02. The van der Waals surface area contributed by atoms with Crippen LogP contribution in [0.4, 0.5) is 0 Å². The first kappa shape index (κ1) is 22.7. The minimum absolute atomic E-state index is 0.00735. The van der Waals surface area contributed by atoms with Gasteiger partial charge in [-0.3, -0.25) is 9.59 Å². The molecule has 31 heavy (non-hydrogen) atoms. The number of nitrogens with zero attached hydrogens (tertiary/aromatic N) is 2. The van der Waals surface area contributed by atoms with E-state index in [1.54, 1.807) is 29.0 Å². The minimum atomic E-state index is -0.0745. The maximum atomic E-state index is 12.8. The number of carbonyl (C=O) groups excluding carboxylic acids is 2. The van der Waals surface area contributed by atoms with E-state index in [1.807, 2.05) is 24.3 Å². The predicted octanol–water partition coefficient (Wildman–Crippen LogP) is 3.66. The summed E-state index contributed by atoms with van der Waals surface area (Å²) in [6.07, 6.45) is 0.